The van der Waals surface area contributed by atoms with E-state index in [2.05, 4.69) is 39.8 Å². The number of allylic oxidation sites excluding steroid dienone is 4. The lowest BCUT2D eigenvalue weighted by atomic mass is 9.79. The summed E-state index contributed by atoms with van der Waals surface area (Å²) in [5, 5.41) is 0. The van der Waals surface area contributed by atoms with Crippen LogP contribution < -0.4 is 0 Å². The van der Waals surface area contributed by atoms with E-state index in [-0.39, 0.29) is 5.60 Å². The van der Waals surface area contributed by atoms with E-state index in [1.165, 1.54) is 24.8 Å². The number of epoxide rings is 1. The molecule has 1 aliphatic carbocycles. The number of rotatable bonds is 3. The van der Waals surface area contributed by atoms with E-state index in [1.54, 1.807) is 5.57 Å². The van der Waals surface area contributed by atoms with Gasteiger partial charge in [-0.05, 0) is 59.3 Å². The monoisotopic (exact) mass is 220 g/mol. The van der Waals surface area contributed by atoms with Crippen molar-refractivity contribution in [3.05, 3.63) is 23.3 Å². The molecule has 0 aromatic rings. The molecule has 0 N–H and O–H groups in total. The fraction of sp³-hybridized carbons (Fsp3) is 0.733. The molecule has 2 aliphatic rings. The topological polar surface area (TPSA) is 12.5 Å². The van der Waals surface area contributed by atoms with Crippen LogP contribution in [0.15, 0.2) is 23.3 Å². The van der Waals surface area contributed by atoms with Crippen LogP contribution in [-0.2, 0) is 4.74 Å². The standard InChI is InChI=1S/C15H24O/c1-11(2)6-5-7-12(3)13-8-9-15(4)14(10-13)16-15/h6-7,13-14H,5,8-10H2,1-4H3/b12-7-/t13-,14-,15?/m0/s1. The minimum absolute atomic E-state index is 0.261. The van der Waals surface area contributed by atoms with Crippen molar-refractivity contribution in [2.24, 2.45) is 5.92 Å². The summed E-state index contributed by atoms with van der Waals surface area (Å²) in [7, 11) is 0. The average Bonchev–Trinajstić information content (AvgIpc) is 2.87. The first kappa shape index (κ1) is 11.9. The van der Waals surface area contributed by atoms with Crippen molar-refractivity contribution in [3.8, 4) is 0 Å². The van der Waals surface area contributed by atoms with E-state index in [1.807, 2.05) is 0 Å². The zero-order chi connectivity index (χ0) is 11.8. The Morgan fingerprint density at radius 3 is 2.69 bits per heavy atom. The fourth-order valence-corrected chi connectivity index (χ4v) is 2.71. The third kappa shape index (κ3) is 2.57. The Bertz CT molecular complexity index is 322. The van der Waals surface area contributed by atoms with E-state index in [9.17, 15) is 0 Å². The van der Waals surface area contributed by atoms with Crippen LogP contribution in [0.3, 0.4) is 0 Å². The van der Waals surface area contributed by atoms with Gasteiger partial charge in [-0.1, -0.05) is 23.3 Å². The molecule has 1 heteroatoms. The molecular weight excluding hydrogens is 196 g/mol. The molecular formula is C15H24O. The van der Waals surface area contributed by atoms with Crippen molar-refractivity contribution in [1.82, 2.24) is 0 Å². The Morgan fingerprint density at radius 2 is 2.06 bits per heavy atom. The molecule has 1 saturated heterocycles. The van der Waals surface area contributed by atoms with Crippen LogP contribution in [0, 0.1) is 5.92 Å². The van der Waals surface area contributed by atoms with Crippen LogP contribution >= 0.6 is 0 Å². The Hall–Kier alpha value is -0.560. The quantitative estimate of drug-likeness (QED) is 0.512. The van der Waals surface area contributed by atoms with Crippen LogP contribution in [0.5, 0.6) is 0 Å². The number of hydrogen-bond donors (Lipinski definition) is 0. The first-order chi connectivity index (χ1) is 7.51. The molecule has 0 amide bonds. The molecule has 0 aromatic heterocycles. The van der Waals surface area contributed by atoms with Gasteiger partial charge in [0.2, 0.25) is 0 Å². The molecule has 1 nitrogen and oxygen atoms in total. The second-order valence-electron chi connectivity index (χ2n) is 5.86. The summed E-state index contributed by atoms with van der Waals surface area (Å²) < 4.78 is 5.75. The summed E-state index contributed by atoms with van der Waals surface area (Å²) in [6, 6.07) is 0. The predicted octanol–water partition coefficient (Wildman–Crippen LogP) is 4.25. The molecule has 0 bridgehead atoms. The van der Waals surface area contributed by atoms with E-state index >= 15 is 0 Å². The summed E-state index contributed by atoms with van der Waals surface area (Å²) in [6.45, 7) is 8.87. The molecule has 2 rings (SSSR count). The normalized spacial score (nSPS) is 37.9. The van der Waals surface area contributed by atoms with E-state index < -0.39 is 0 Å². The molecule has 1 unspecified atom stereocenters. The van der Waals surface area contributed by atoms with Gasteiger partial charge >= 0.3 is 0 Å². The minimum atomic E-state index is 0.261. The lowest BCUT2D eigenvalue weighted by Crippen LogP contribution is -2.21. The summed E-state index contributed by atoms with van der Waals surface area (Å²) in [5.41, 5.74) is 3.23. The zero-order valence-electron chi connectivity index (χ0n) is 11.0. The molecule has 3 atom stereocenters. The Kier molecular flexibility index (Phi) is 3.25. The summed E-state index contributed by atoms with van der Waals surface area (Å²) in [5.74, 6) is 0.770. The molecule has 1 heterocycles. The predicted molar refractivity (Wildman–Crippen MR) is 68.4 cm³/mol. The van der Waals surface area contributed by atoms with Crippen molar-refractivity contribution < 1.29 is 4.74 Å². The van der Waals surface area contributed by atoms with E-state index in [4.69, 9.17) is 4.74 Å². The molecule has 1 aliphatic heterocycles. The van der Waals surface area contributed by atoms with Gasteiger partial charge in [0, 0.05) is 0 Å². The molecule has 90 valence electrons. The Labute approximate surface area is 99.6 Å². The second kappa shape index (κ2) is 4.37. The maximum atomic E-state index is 5.75. The number of fused-ring (bicyclic) bond motifs is 1. The summed E-state index contributed by atoms with van der Waals surface area (Å²) in [6.07, 6.45) is 10.1. The van der Waals surface area contributed by atoms with Crippen molar-refractivity contribution >= 4 is 0 Å². The highest BCUT2D eigenvalue weighted by Crippen LogP contribution is 2.50. The van der Waals surface area contributed by atoms with Crippen molar-refractivity contribution in [1.29, 1.82) is 0 Å². The molecule has 0 spiro atoms. The number of hydrogen-bond acceptors (Lipinski definition) is 1. The van der Waals surface area contributed by atoms with Crippen molar-refractivity contribution in [3.63, 3.8) is 0 Å². The molecule has 0 radical (unpaired) electrons. The lowest BCUT2D eigenvalue weighted by Gasteiger charge is -2.23. The first-order valence-electron chi connectivity index (χ1n) is 6.49. The number of ether oxygens (including phenoxy) is 1. The van der Waals surface area contributed by atoms with Gasteiger partial charge in [-0.25, -0.2) is 0 Å². The van der Waals surface area contributed by atoms with Gasteiger partial charge in [-0.15, -0.1) is 0 Å². The van der Waals surface area contributed by atoms with Crippen molar-refractivity contribution in [2.45, 2.75) is 65.1 Å². The van der Waals surface area contributed by atoms with Crippen LogP contribution in [0.2, 0.25) is 0 Å². The third-order valence-electron chi connectivity index (χ3n) is 4.13. The van der Waals surface area contributed by atoms with Gasteiger partial charge in [0.25, 0.3) is 0 Å². The largest absolute Gasteiger partial charge is 0.366 e. The smallest absolute Gasteiger partial charge is 0.0920 e. The lowest BCUT2D eigenvalue weighted by molar-refractivity contribution is 0.303. The van der Waals surface area contributed by atoms with Gasteiger partial charge in [0.05, 0.1) is 11.7 Å². The molecule has 2 fully saturated rings. The SMILES string of the molecule is CC(C)=CC/C=C(/C)[C@H]1CCC2(C)O[C@H]2C1. The van der Waals surface area contributed by atoms with Gasteiger partial charge < -0.3 is 4.74 Å². The second-order valence-corrected chi connectivity index (χ2v) is 5.86. The Morgan fingerprint density at radius 1 is 1.31 bits per heavy atom. The van der Waals surface area contributed by atoms with E-state index in [0.717, 1.165) is 12.3 Å². The highest BCUT2D eigenvalue weighted by molar-refractivity contribution is 5.14. The van der Waals surface area contributed by atoms with Gasteiger partial charge in [0.15, 0.2) is 0 Å². The molecule has 1 saturated carbocycles. The average molecular weight is 220 g/mol. The summed E-state index contributed by atoms with van der Waals surface area (Å²) >= 11 is 0. The third-order valence-corrected chi connectivity index (χ3v) is 4.13. The minimum Gasteiger partial charge on any atom is -0.366 e. The zero-order valence-corrected chi connectivity index (χ0v) is 11.0. The highest BCUT2D eigenvalue weighted by Gasteiger charge is 2.55. The van der Waals surface area contributed by atoms with Gasteiger partial charge in [-0.3, -0.25) is 0 Å². The van der Waals surface area contributed by atoms with Gasteiger partial charge in [0.1, 0.15) is 0 Å². The summed E-state index contributed by atoms with van der Waals surface area (Å²) in [4.78, 5) is 0. The van der Waals surface area contributed by atoms with Crippen LogP contribution in [0.1, 0.15) is 53.4 Å². The molecule has 0 aromatic carbocycles. The van der Waals surface area contributed by atoms with Crippen molar-refractivity contribution in [2.75, 3.05) is 0 Å². The first-order valence-corrected chi connectivity index (χ1v) is 6.49. The highest BCUT2D eigenvalue weighted by atomic mass is 16.6. The van der Waals surface area contributed by atoms with Gasteiger partial charge in [-0.2, -0.15) is 0 Å². The maximum absolute atomic E-state index is 5.75. The Balaban J connectivity index is 1.86. The van der Waals surface area contributed by atoms with Crippen LogP contribution in [-0.4, -0.2) is 11.7 Å². The van der Waals surface area contributed by atoms with Crippen LogP contribution in [0.25, 0.3) is 0 Å². The molecule has 16 heavy (non-hydrogen) atoms. The van der Waals surface area contributed by atoms with Crippen LogP contribution in [0.4, 0.5) is 0 Å². The fourth-order valence-electron chi connectivity index (χ4n) is 2.71. The maximum Gasteiger partial charge on any atom is 0.0920 e. The van der Waals surface area contributed by atoms with E-state index in [0.29, 0.717) is 6.10 Å².